The van der Waals surface area contributed by atoms with Crippen LogP contribution in [0.3, 0.4) is 0 Å². The van der Waals surface area contributed by atoms with Crippen LogP contribution in [0, 0.1) is 12.3 Å². The minimum atomic E-state index is -0.930. The second-order valence-electron chi connectivity index (χ2n) is 11.4. The molecule has 1 saturated heterocycles. The predicted octanol–water partition coefficient (Wildman–Crippen LogP) is 3.26. The Kier molecular flexibility index (Phi) is 5.04. The molecule has 0 radical (unpaired) electrons. The first-order valence-electron chi connectivity index (χ1n) is 13.3. The van der Waals surface area contributed by atoms with Crippen molar-refractivity contribution in [2.24, 2.45) is 15.4 Å². The van der Waals surface area contributed by atoms with Crippen molar-refractivity contribution in [1.29, 1.82) is 0 Å². The van der Waals surface area contributed by atoms with Crippen molar-refractivity contribution in [2.75, 3.05) is 0 Å². The number of aryl methyl sites for hydroxylation is 1. The third-order valence-corrected chi connectivity index (χ3v) is 8.02. The number of nitrogens with zero attached hydrogens (tertiary/aromatic N) is 5. The van der Waals surface area contributed by atoms with Gasteiger partial charge >= 0.3 is 0 Å². The van der Waals surface area contributed by atoms with Gasteiger partial charge in [0, 0.05) is 40.5 Å². The van der Waals surface area contributed by atoms with Gasteiger partial charge in [-0.1, -0.05) is 0 Å². The van der Waals surface area contributed by atoms with Crippen molar-refractivity contribution < 1.29 is 4.79 Å². The number of hydrogen-bond acceptors (Lipinski definition) is 6. The first kappa shape index (κ1) is 24.2. The maximum Gasteiger partial charge on any atom is 0.177 e. The molecule has 4 aliphatic rings. The van der Waals surface area contributed by atoms with Crippen LogP contribution < -0.4 is 16.0 Å². The van der Waals surface area contributed by atoms with Gasteiger partial charge in [0.05, 0.1) is 34.6 Å². The van der Waals surface area contributed by atoms with Crippen molar-refractivity contribution in [1.82, 2.24) is 24.8 Å². The van der Waals surface area contributed by atoms with Crippen LogP contribution in [-0.2, 0) is 10.5 Å². The average Bonchev–Trinajstić information content (AvgIpc) is 3.73. The maximum atomic E-state index is 13.9. The molecule has 198 valence electrons. The minimum Gasteiger partial charge on any atom is -0.372 e. The number of hydrogen-bond donors (Lipinski definition) is 2. The molecule has 0 aromatic carbocycles. The summed E-state index contributed by atoms with van der Waals surface area (Å²) < 4.78 is 2.00. The third-order valence-electron chi connectivity index (χ3n) is 8.02. The molecule has 0 aliphatic carbocycles. The summed E-state index contributed by atoms with van der Waals surface area (Å²) in [4.78, 5) is 36.2. The Morgan fingerprint density at radius 2 is 1.75 bits per heavy atom. The van der Waals surface area contributed by atoms with Crippen molar-refractivity contribution in [3.63, 3.8) is 0 Å². The SMILES string of the molecule is Cc1cnccc1-c1cn(C23C=CC(=N2)C=c2ccc([nH]2)=CC2=NC(=CC4(C)NC(=C3)C(C)(C)C4=O)C=C2)cn1. The number of carbonyl (C=O) groups is 1. The number of H-pyrrole nitrogens is 1. The molecule has 40 heavy (non-hydrogen) atoms. The van der Waals surface area contributed by atoms with Gasteiger partial charge in [-0.2, -0.15) is 0 Å². The fourth-order valence-electron chi connectivity index (χ4n) is 5.85. The summed E-state index contributed by atoms with van der Waals surface area (Å²) in [5.41, 5.74) is 3.44. The lowest BCUT2D eigenvalue weighted by Gasteiger charge is -2.26. The van der Waals surface area contributed by atoms with Gasteiger partial charge in [-0.3, -0.25) is 9.78 Å². The van der Waals surface area contributed by atoms with Crippen LogP contribution in [0.1, 0.15) is 26.3 Å². The number of pyridine rings is 1. The van der Waals surface area contributed by atoms with E-state index in [1.54, 1.807) is 12.5 Å². The van der Waals surface area contributed by atoms with Crippen molar-refractivity contribution >= 4 is 29.4 Å². The normalized spacial score (nSPS) is 25.9. The van der Waals surface area contributed by atoms with Gasteiger partial charge in [-0.05, 0) is 100 Å². The second-order valence-corrected chi connectivity index (χ2v) is 11.4. The zero-order valence-corrected chi connectivity index (χ0v) is 22.8. The molecule has 1 fully saturated rings. The van der Waals surface area contributed by atoms with E-state index in [2.05, 4.69) is 27.4 Å². The number of rotatable bonds is 2. The van der Waals surface area contributed by atoms with E-state index in [0.717, 1.165) is 50.3 Å². The molecule has 3 aromatic heterocycles. The maximum absolute atomic E-state index is 13.9. The van der Waals surface area contributed by atoms with E-state index in [9.17, 15) is 4.79 Å². The molecular weight excluding hydrogens is 498 g/mol. The van der Waals surface area contributed by atoms with E-state index in [-0.39, 0.29) is 5.78 Å². The average molecular weight is 528 g/mol. The summed E-state index contributed by atoms with van der Waals surface area (Å²) >= 11 is 0. The molecule has 3 aromatic rings. The molecule has 7 rings (SSSR count). The van der Waals surface area contributed by atoms with E-state index in [1.165, 1.54) is 0 Å². The van der Waals surface area contributed by atoms with Gasteiger partial charge in [0.2, 0.25) is 0 Å². The molecule has 2 N–H and O–H groups in total. The lowest BCUT2D eigenvalue weighted by molar-refractivity contribution is -0.126. The lowest BCUT2D eigenvalue weighted by Crippen LogP contribution is -2.41. The molecule has 0 saturated carbocycles. The number of nitrogens with one attached hydrogen (secondary N) is 2. The van der Waals surface area contributed by atoms with Gasteiger partial charge in [-0.15, -0.1) is 0 Å². The van der Waals surface area contributed by atoms with Gasteiger partial charge in [0.1, 0.15) is 5.54 Å². The third kappa shape index (κ3) is 3.78. The molecule has 0 spiro atoms. The number of carbonyl (C=O) groups excluding carboxylic acids is 1. The molecular formula is C32H29N7O. The number of aliphatic imine (C=N–C) groups is 2. The van der Waals surface area contributed by atoms with Gasteiger partial charge < -0.3 is 14.9 Å². The zero-order chi connectivity index (χ0) is 27.7. The van der Waals surface area contributed by atoms with Gasteiger partial charge in [0.25, 0.3) is 0 Å². The number of ketones is 1. The number of Topliss-reactive ketones (excluding diaryl/α,β-unsaturated/α-hetero) is 1. The summed E-state index contributed by atoms with van der Waals surface area (Å²) in [5.74, 6) is 0.0734. The number of aromatic nitrogens is 4. The van der Waals surface area contributed by atoms with Crippen LogP contribution in [0.5, 0.6) is 0 Å². The highest BCUT2D eigenvalue weighted by molar-refractivity contribution is 6.20. The zero-order valence-electron chi connectivity index (χ0n) is 22.8. The van der Waals surface area contributed by atoms with E-state index in [0.29, 0.717) is 0 Å². The van der Waals surface area contributed by atoms with E-state index < -0.39 is 16.6 Å². The Morgan fingerprint density at radius 1 is 0.950 bits per heavy atom. The van der Waals surface area contributed by atoms with E-state index in [4.69, 9.17) is 15.0 Å². The van der Waals surface area contributed by atoms with Gasteiger partial charge in [-0.25, -0.2) is 15.0 Å². The monoisotopic (exact) mass is 527 g/mol. The highest BCUT2D eigenvalue weighted by atomic mass is 16.1. The summed E-state index contributed by atoms with van der Waals surface area (Å²) in [7, 11) is 0. The Labute approximate surface area is 231 Å². The second kappa shape index (κ2) is 8.32. The number of fused-ring (bicyclic) bond motifs is 6. The fourth-order valence-corrected chi connectivity index (χ4v) is 5.85. The summed E-state index contributed by atoms with van der Waals surface area (Å²) in [6, 6.07) is 6.02. The molecule has 7 heterocycles. The number of allylic oxidation sites excluding steroid dienone is 4. The summed E-state index contributed by atoms with van der Waals surface area (Å²) in [6.07, 6.45) is 23.4. The molecule has 2 atom stereocenters. The highest BCUT2D eigenvalue weighted by Crippen LogP contribution is 2.43. The van der Waals surface area contributed by atoms with E-state index >= 15 is 0 Å². The number of aromatic amines is 1. The molecule has 4 aliphatic heterocycles. The van der Waals surface area contributed by atoms with E-state index in [1.807, 2.05) is 99.3 Å². The minimum absolute atomic E-state index is 0.0734. The molecule has 0 amide bonds. The van der Waals surface area contributed by atoms with Crippen molar-refractivity contribution in [3.05, 3.63) is 107 Å². The van der Waals surface area contributed by atoms with Crippen LogP contribution in [0.15, 0.2) is 101 Å². The lowest BCUT2D eigenvalue weighted by atomic mass is 9.80. The summed E-state index contributed by atoms with van der Waals surface area (Å²) in [5, 5.41) is 5.43. The molecule has 8 heteroatoms. The first-order chi connectivity index (χ1) is 19.1. The van der Waals surface area contributed by atoms with Crippen LogP contribution in [0.25, 0.3) is 23.4 Å². The van der Waals surface area contributed by atoms with Crippen LogP contribution in [-0.4, -0.2) is 42.3 Å². The van der Waals surface area contributed by atoms with Crippen LogP contribution in [0.2, 0.25) is 0 Å². The first-order valence-corrected chi connectivity index (χ1v) is 13.3. The van der Waals surface area contributed by atoms with Gasteiger partial charge in [0.15, 0.2) is 11.4 Å². The fraction of sp³-hybridized carbons (Fsp3) is 0.219. The predicted molar refractivity (Wildman–Crippen MR) is 157 cm³/mol. The Morgan fingerprint density at radius 3 is 2.55 bits per heavy atom. The largest absolute Gasteiger partial charge is 0.372 e. The molecule has 2 unspecified atom stereocenters. The smallest absolute Gasteiger partial charge is 0.177 e. The van der Waals surface area contributed by atoms with Crippen LogP contribution >= 0.6 is 0 Å². The molecule has 8 bridgehead atoms. The number of imidazole rings is 1. The standard InChI is InChI=1S/C32H29N7O/c1-20-17-33-12-10-26(20)27-18-39(19-34-27)32-11-9-24(37-32)14-23-6-5-21(35-23)13-22-7-8-25(36-22)15-31(4)29(40)30(2,3)28(16-32)38-31/h5-19,35,38H,1-4H3. The Hall–Kier alpha value is -4.85. The van der Waals surface area contributed by atoms with Crippen LogP contribution in [0.4, 0.5) is 0 Å². The summed E-state index contributed by atoms with van der Waals surface area (Å²) in [6.45, 7) is 7.86. The highest BCUT2D eigenvalue weighted by Gasteiger charge is 2.52. The molecule has 8 nitrogen and oxygen atoms in total. The quantitative estimate of drug-likeness (QED) is 0.534. The van der Waals surface area contributed by atoms with Crippen molar-refractivity contribution in [3.8, 4) is 11.3 Å². The Balaban J connectivity index is 1.45. The Bertz CT molecular complexity index is 1910. The topological polar surface area (TPSA) is 100 Å². The van der Waals surface area contributed by atoms with Crippen molar-refractivity contribution in [2.45, 2.75) is 38.9 Å².